The molecule has 0 radical (unpaired) electrons. The minimum absolute atomic E-state index is 0. The molecule has 1 atom stereocenters. The van der Waals surface area contributed by atoms with Crippen LogP contribution in [0.3, 0.4) is 0 Å². The number of rotatable bonds is 10. The van der Waals surface area contributed by atoms with E-state index in [1.54, 1.807) is 0 Å². The van der Waals surface area contributed by atoms with E-state index < -0.39 is 0 Å². The minimum atomic E-state index is 0. The minimum Gasteiger partial charge on any atom is -0.490 e. The molecule has 0 amide bonds. The van der Waals surface area contributed by atoms with Crippen LogP contribution in [0.4, 0.5) is 0 Å². The van der Waals surface area contributed by atoms with Gasteiger partial charge in [0.05, 0.1) is 19.3 Å². The van der Waals surface area contributed by atoms with Crippen molar-refractivity contribution in [3.05, 3.63) is 64.2 Å². The van der Waals surface area contributed by atoms with E-state index in [-0.39, 0.29) is 23.9 Å². The summed E-state index contributed by atoms with van der Waals surface area (Å²) in [7, 11) is 0. The van der Waals surface area contributed by atoms with E-state index in [1.165, 1.54) is 11.1 Å². The normalized spacial score (nSPS) is 15.0. The molecule has 0 saturated carbocycles. The highest BCUT2D eigenvalue weighted by atomic mass is 35.5. The number of ether oxygens (including phenoxy) is 2. The van der Waals surface area contributed by atoms with Crippen LogP contribution in [-0.4, -0.2) is 25.2 Å². The maximum absolute atomic E-state index is 6.11. The van der Waals surface area contributed by atoms with E-state index in [0.717, 1.165) is 73.9 Å². The molecule has 1 heterocycles. The molecular formula is C25H35Cl2NO3. The summed E-state index contributed by atoms with van der Waals surface area (Å²) in [5.41, 5.74) is 3.75. The highest BCUT2D eigenvalue weighted by Gasteiger charge is 2.21. The number of benzene rings is 2. The molecule has 31 heavy (non-hydrogen) atoms. The van der Waals surface area contributed by atoms with E-state index in [0.29, 0.717) is 0 Å². The molecular weight excluding hydrogens is 433 g/mol. The molecule has 2 aromatic carbocycles. The van der Waals surface area contributed by atoms with Gasteiger partial charge < -0.3 is 20.3 Å². The van der Waals surface area contributed by atoms with Gasteiger partial charge in [-0.25, -0.2) is 0 Å². The van der Waals surface area contributed by atoms with Crippen molar-refractivity contribution in [3.63, 3.8) is 0 Å². The molecule has 1 unspecified atom stereocenters. The van der Waals surface area contributed by atoms with Crippen LogP contribution in [-0.2, 0) is 6.42 Å². The highest BCUT2D eigenvalue weighted by molar-refractivity contribution is 6.30. The summed E-state index contributed by atoms with van der Waals surface area (Å²) in [6.45, 7) is 6.76. The summed E-state index contributed by atoms with van der Waals surface area (Å²) in [5.74, 6) is 1.75. The third kappa shape index (κ3) is 8.04. The summed E-state index contributed by atoms with van der Waals surface area (Å²) in [6, 6.07) is 12.4. The number of nitrogens with one attached hydrogen (secondary N) is 1. The Morgan fingerprint density at radius 2 is 1.61 bits per heavy atom. The van der Waals surface area contributed by atoms with Gasteiger partial charge in [0, 0.05) is 11.6 Å². The molecule has 0 spiro atoms. The molecule has 6 heteroatoms. The fourth-order valence-corrected chi connectivity index (χ4v) is 3.55. The van der Waals surface area contributed by atoms with Crippen LogP contribution in [0.5, 0.6) is 11.5 Å². The van der Waals surface area contributed by atoms with Gasteiger partial charge in [-0.2, -0.15) is 0 Å². The van der Waals surface area contributed by atoms with E-state index in [2.05, 4.69) is 43.4 Å². The quantitative estimate of drug-likeness (QED) is 0.423. The van der Waals surface area contributed by atoms with E-state index in [1.807, 2.05) is 24.3 Å². The molecule has 0 bridgehead atoms. The Hall–Kier alpha value is -1.72. The summed E-state index contributed by atoms with van der Waals surface area (Å²) in [5, 5.41) is 4.37. The van der Waals surface area contributed by atoms with Gasteiger partial charge in [-0.15, -0.1) is 12.4 Å². The fourth-order valence-electron chi connectivity index (χ4n) is 3.43. The largest absolute Gasteiger partial charge is 0.490 e. The van der Waals surface area contributed by atoms with Crippen LogP contribution in [0.1, 0.15) is 62.3 Å². The highest BCUT2D eigenvalue weighted by Crippen LogP contribution is 2.36. The standard InChI is InChI=1S/C25H32ClNO2.ClH.H2O/c1-3-5-15-28-24-17-20-13-14-27-23(12-9-19-7-10-21(26)11-8-19)22(20)18-25(24)29-16-6-4-2;;/h7-12,17-18,23,27H,3-6,13-16H2,1-2H3;1H;1H2/b12-9+;;. The lowest BCUT2D eigenvalue weighted by atomic mass is 9.93. The smallest absolute Gasteiger partial charge is 0.161 e. The first kappa shape index (κ1) is 27.3. The molecule has 0 saturated heterocycles. The van der Waals surface area contributed by atoms with E-state index in [9.17, 15) is 0 Å². The second-order valence-corrected chi connectivity index (χ2v) is 7.93. The third-order valence-electron chi connectivity index (χ3n) is 5.16. The predicted molar refractivity (Wildman–Crippen MR) is 133 cm³/mol. The number of halogens is 2. The lowest BCUT2D eigenvalue weighted by molar-refractivity contribution is 0.261. The summed E-state index contributed by atoms with van der Waals surface area (Å²) < 4.78 is 12.2. The number of unbranched alkanes of at least 4 members (excludes halogenated alkanes) is 2. The van der Waals surface area contributed by atoms with Crippen molar-refractivity contribution in [2.24, 2.45) is 0 Å². The first-order chi connectivity index (χ1) is 14.2. The van der Waals surface area contributed by atoms with Gasteiger partial charge in [-0.3, -0.25) is 0 Å². The average molecular weight is 468 g/mol. The van der Waals surface area contributed by atoms with Gasteiger partial charge in [0.25, 0.3) is 0 Å². The SMILES string of the molecule is CCCCOc1cc2c(cc1OCCCC)C(/C=C/c1ccc(Cl)cc1)NCC2.Cl.O. The van der Waals surface area contributed by atoms with E-state index >= 15 is 0 Å². The van der Waals surface area contributed by atoms with Gasteiger partial charge >= 0.3 is 0 Å². The van der Waals surface area contributed by atoms with Crippen molar-refractivity contribution in [3.8, 4) is 11.5 Å². The number of fused-ring (bicyclic) bond motifs is 1. The van der Waals surface area contributed by atoms with Gasteiger partial charge in [0.1, 0.15) is 0 Å². The van der Waals surface area contributed by atoms with Crippen molar-refractivity contribution < 1.29 is 14.9 Å². The second kappa shape index (κ2) is 14.4. The van der Waals surface area contributed by atoms with Gasteiger partial charge in [0.15, 0.2) is 11.5 Å². The van der Waals surface area contributed by atoms with Gasteiger partial charge in [-0.05, 0) is 60.2 Å². The predicted octanol–water partition coefficient (Wildman–Crippen LogP) is 6.20. The average Bonchev–Trinajstić information content (AvgIpc) is 2.74. The lowest BCUT2D eigenvalue weighted by Gasteiger charge is -2.26. The molecule has 3 rings (SSSR count). The van der Waals surface area contributed by atoms with Gasteiger partial charge in [0.2, 0.25) is 0 Å². The third-order valence-corrected chi connectivity index (χ3v) is 5.41. The molecule has 4 nitrogen and oxygen atoms in total. The van der Waals surface area contributed by atoms with Crippen LogP contribution < -0.4 is 14.8 Å². The zero-order valence-electron chi connectivity index (χ0n) is 18.5. The molecule has 172 valence electrons. The maximum Gasteiger partial charge on any atom is 0.161 e. The zero-order chi connectivity index (χ0) is 20.5. The molecule has 2 aromatic rings. The van der Waals surface area contributed by atoms with Crippen molar-refractivity contribution in [2.75, 3.05) is 19.8 Å². The summed E-state index contributed by atoms with van der Waals surface area (Å²) in [4.78, 5) is 0. The Balaban J connectivity index is 0.00000240. The van der Waals surface area contributed by atoms with Crippen molar-refractivity contribution in [1.29, 1.82) is 0 Å². The van der Waals surface area contributed by atoms with Crippen LogP contribution in [0.15, 0.2) is 42.5 Å². The van der Waals surface area contributed by atoms with Crippen molar-refractivity contribution >= 4 is 30.1 Å². The molecule has 0 aromatic heterocycles. The van der Waals surface area contributed by atoms with Gasteiger partial charge in [-0.1, -0.05) is 62.6 Å². The number of hydrogen-bond donors (Lipinski definition) is 1. The molecule has 0 fully saturated rings. The fraction of sp³-hybridized carbons (Fsp3) is 0.440. The van der Waals surface area contributed by atoms with Crippen molar-refractivity contribution in [2.45, 2.75) is 52.0 Å². The molecule has 3 N–H and O–H groups in total. The van der Waals surface area contributed by atoms with E-state index in [4.69, 9.17) is 21.1 Å². The molecule has 0 aliphatic carbocycles. The summed E-state index contributed by atoms with van der Waals surface area (Å²) >= 11 is 6.00. The monoisotopic (exact) mass is 467 g/mol. The summed E-state index contributed by atoms with van der Waals surface area (Å²) in [6.07, 6.45) is 9.70. The molecule has 1 aliphatic rings. The Morgan fingerprint density at radius 1 is 1.00 bits per heavy atom. The Morgan fingerprint density at radius 3 is 2.23 bits per heavy atom. The maximum atomic E-state index is 6.11. The zero-order valence-corrected chi connectivity index (χ0v) is 20.0. The van der Waals surface area contributed by atoms with Crippen LogP contribution in [0.25, 0.3) is 6.08 Å². The Bertz CT molecular complexity index is 809. The Labute approximate surface area is 197 Å². The van der Waals surface area contributed by atoms with Crippen molar-refractivity contribution in [1.82, 2.24) is 5.32 Å². The lowest BCUT2D eigenvalue weighted by Crippen LogP contribution is -2.28. The van der Waals surface area contributed by atoms with Crippen LogP contribution >= 0.6 is 24.0 Å². The van der Waals surface area contributed by atoms with Crippen LogP contribution in [0.2, 0.25) is 5.02 Å². The number of hydrogen-bond acceptors (Lipinski definition) is 3. The first-order valence-corrected chi connectivity index (χ1v) is 11.2. The first-order valence-electron chi connectivity index (χ1n) is 10.8. The van der Waals surface area contributed by atoms with Crippen LogP contribution in [0, 0.1) is 0 Å². The second-order valence-electron chi connectivity index (χ2n) is 7.49. The molecule has 1 aliphatic heterocycles. The topological polar surface area (TPSA) is 62.0 Å². The Kier molecular flexibility index (Phi) is 12.7.